The Kier molecular flexibility index (Phi) is 4.82. The zero-order valence-corrected chi connectivity index (χ0v) is 13.1. The van der Waals surface area contributed by atoms with Gasteiger partial charge in [0.1, 0.15) is 5.60 Å². The van der Waals surface area contributed by atoms with E-state index in [2.05, 4.69) is 5.32 Å². The summed E-state index contributed by atoms with van der Waals surface area (Å²) in [4.78, 5) is 11.7. The van der Waals surface area contributed by atoms with Crippen LogP contribution >= 0.6 is 0 Å². The summed E-state index contributed by atoms with van der Waals surface area (Å²) in [5.74, 6) is 0. The van der Waals surface area contributed by atoms with Crippen LogP contribution < -0.4 is 5.32 Å². The number of aryl methyl sites for hydroxylation is 1. The lowest BCUT2D eigenvalue weighted by Gasteiger charge is -2.27. The molecule has 0 aliphatic carbocycles. The van der Waals surface area contributed by atoms with Crippen molar-refractivity contribution in [2.24, 2.45) is 0 Å². The average molecular weight is 319 g/mol. The van der Waals surface area contributed by atoms with Gasteiger partial charge in [-0.05, 0) is 51.8 Å². The zero-order valence-electron chi connectivity index (χ0n) is 13.1. The Morgan fingerprint density at radius 3 is 2.14 bits per heavy atom. The van der Waals surface area contributed by atoms with Gasteiger partial charge in [0.15, 0.2) is 5.60 Å². The molecule has 0 bridgehead atoms. The molecule has 0 spiro atoms. The van der Waals surface area contributed by atoms with Crippen molar-refractivity contribution in [3.8, 4) is 0 Å². The molecule has 1 rings (SSSR count). The van der Waals surface area contributed by atoms with E-state index in [9.17, 15) is 23.1 Å². The first-order chi connectivity index (χ1) is 9.74. The van der Waals surface area contributed by atoms with Crippen molar-refractivity contribution in [3.63, 3.8) is 0 Å². The van der Waals surface area contributed by atoms with E-state index in [0.29, 0.717) is 18.2 Å². The predicted molar refractivity (Wildman–Crippen MR) is 76.7 cm³/mol. The highest BCUT2D eigenvalue weighted by molar-refractivity contribution is 5.86. The summed E-state index contributed by atoms with van der Waals surface area (Å²) in [6, 6.07) is 3.60. The zero-order chi connectivity index (χ0) is 17.3. The molecular formula is C15H20F3NO3. The number of anilines is 1. The molecular weight excluding hydrogens is 299 g/mol. The molecule has 1 aromatic rings. The van der Waals surface area contributed by atoms with E-state index in [-0.39, 0.29) is 5.56 Å². The minimum Gasteiger partial charge on any atom is -0.444 e. The Labute approximate surface area is 127 Å². The minimum absolute atomic E-state index is 0.299. The highest BCUT2D eigenvalue weighted by Gasteiger charge is 2.51. The second-order valence-corrected chi connectivity index (χ2v) is 6.23. The van der Waals surface area contributed by atoms with Gasteiger partial charge in [-0.15, -0.1) is 0 Å². The molecule has 1 atom stereocenters. The fraction of sp³-hybridized carbons (Fsp3) is 0.533. The molecule has 22 heavy (non-hydrogen) atoms. The largest absolute Gasteiger partial charge is 0.444 e. The molecule has 0 aromatic heterocycles. The summed E-state index contributed by atoms with van der Waals surface area (Å²) in [5, 5.41) is 12.1. The number of aliphatic hydroxyl groups is 1. The van der Waals surface area contributed by atoms with E-state index in [1.165, 1.54) is 19.1 Å². The van der Waals surface area contributed by atoms with E-state index >= 15 is 0 Å². The molecule has 4 nitrogen and oxygen atoms in total. The van der Waals surface area contributed by atoms with E-state index in [0.717, 1.165) is 6.07 Å². The van der Waals surface area contributed by atoms with Gasteiger partial charge < -0.3 is 9.84 Å². The first kappa shape index (κ1) is 18.3. The molecule has 1 amide bonds. The number of rotatable bonds is 2. The second kappa shape index (κ2) is 5.79. The summed E-state index contributed by atoms with van der Waals surface area (Å²) in [5.41, 5.74) is -3.24. The van der Waals surface area contributed by atoms with Crippen molar-refractivity contribution in [1.82, 2.24) is 0 Å². The van der Waals surface area contributed by atoms with Gasteiger partial charge in [-0.2, -0.15) is 13.2 Å². The van der Waals surface area contributed by atoms with Gasteiger partial charge in [0.25, 0.3) is 0 Å². The van der Waals surface area contributed by atoms with Crippen molar-refractivity contribution in [3.05, 3.63) is 29.3 Å². The smallest absolute Gasteiger partial charge is 0.421 e. The fourth-order valence-electron chi connectivity index (χ4n) is 1.68. The first-order valence-electron chi connectivity index (χ1n) is 6.64. The first-order valence-corrected chi connectivity index (χ1v) is 6.64. The molecule has 2 N–H and O–H groups in total. The van der Waals surface area contributed by atoms with Crippen LogP contribution in [0.25, 0.3) is 0 Å². The van der Waals surface area contributed by atoms with Crippen molar-refractivity contribution in [2.45, 2.75) is 52.0 Å². The van der Waals surface area contributed by atoms with Crippen molar-refractivity contribution in [2.75, 3.05) is 5.32 Å². The third-order valence-corrected chi connectivity index (χ3v) is 2.98. The summed E-state index contributed by atoms with van der Waals surface area (Å²) in [6.45, 7) is 7.31. The fourth-order valence-corrected chi connectivity index (χ4v) is 1.68. The van der Waals surface area contributed by atoms with E-state index in [1.54, 1.807) is 20.8 Å². The van der Waals surface area contributed by atoms with Crippen LogP contribution in [0.5, 0.6) is 0 Å². The maximum atomic E-state index is 12.8. The molecule has 0 heterocycles. The number of ether oxygens (including phenoxy) is 1. The maximum Gasteiger partial charge on any atom is 0.421 e. The molecule has 1 aromatic carbocycles. The minimum atomic E-state index is -4.79. The molecule has 0 aliphatic rings. The van der Waals surface area contributed by atoms with Crippen LogP contribution in [0.15, 0.2) is 18.2 Å². The Bertz CT molecular complexity index is 560. The molecule has 124 valence electrons. The standard InChI is InChI=1S/C15H20F3NO3/c1-9-8-10(14(5,21)15(16,17)18)6-7-11(9)19-12(20)22-13(2,3)4/h6-8,21H,1-5H3,(H,19,20). The van der Waals surface area contributed by atoms with Gasteiger partial charge >= 0.3 is 12.3 Å². The van der Waals surface area contributed by atoms with Gasteiger partial charge in [-0.25, -0.2) is 4.79 Å². The number of alkyl halides is 3. The highest BCUT2D eigenvalue weighted by Crippen LogP contribution is 2.39. The third-order valence-electron chi connectivity index (χ3n) is 2.98. The topological polar surface area (TPSA) is 58.6 Å². The van der Waals surface area contributed by atoms with E-state index in [4.69, 9.17) is 4.74 Å². The van der Waals surface area contributed by atoms with Gasteiger partial charge in [0, 0.05) is 5.69 Å². The van der Waals surface area contributed by atoms with Crippen LogP contribution in [0.3, 0.4) is 0 Å². The summed E-state index contributed by atoms with van der Waals surface area (Å²) in [6.07, 6.45) is -5.49. The molecule has 0 aliphatic heterocycles. The molecule has 0 fully saturated rings. The molecule has 0 saturated heterocycles. The van der Waals surface area contributed by atoms with Crippen LogP contribution in [0.1, 0.15) is 38.8 Å². The quantitative estimate of drug-likeness (QED) is 0.862. The monoisotopic (exact) mass is 319 g/mol. The Morgan fingerprint density at radius 1 is 1.18 bits per heavy atom. The van der Waals surface area contributed by atoms with Gasteiger partial charge in [-0.1, -0.05) is 12.1 Å². The van der Waals surface area contributed by atoms with Crippen LogP contribution in [0, 0.1) is 6.92 Å². The Hall–Kier alpha value is -1.76. The molecule has 0 radical (unpaired) electrons. The lowest BCUT2D eigenvalue weighted by atomic mass is 9.93. The van der Waals surface area contributed by atoms with Gasteiger partial charge in [0.2, 0.25) is 0 Å². The lowest BCUT2D eigenvalue weighted by Crippen LogP contribution is -2.39. The highest BCUT2D eigenvalue weighted by atomic mass is 19.4. The summed E-state index contributed by atoms with van der Waals surface area (Å²) >= 11 is 0. The number of nitrogens with one attached hydrogen (secondary N) is 1. The SMILES string of the molecule is Cc1cc(C(C)(O)C(F)(F)F)ccc1NC(=O)OC(C)(C)C. The second-order valence-electron chi connectivity index (χ2n) is 6.23. The number of carbonyl (C=O) groups is 1. The number of hydrogen-bond acceptors (Lipinski definition) is 3. The number of hydrogen-bond donors (Lipinski definition) is 2. The lowest BCUT2D eigenvalue weighted by molar-refractivity contribution is -0.258. The van der Waals surface area contributed by atoms with Crippen LogP contribution in [-0.4, -0.2) is 23.0 Å². The maximum absolute atomic E-state index is 12.8. The number of benzene rings is 1. The molecule has 1 unspecified atom stereocenters. The third kappa shape index (κ3) is 4.37. The summed E-state index contributed by atoms with van der Waals surface area (Å²) < 4.78 is 43.5. The van der Waals surface area contributed by atoms with Gasteiger partial charge in [-0.3, -0.25) is 5.32 Å². The van der Waals surface area contributed by atoms with Gasteiger partial charge in [0.05, 0.1) is 0 Å². The van der Waals surface area contributed by atoms with Crippen molar-refractivity contribution in [1.29, 1.82) is 0 Å². The van der Waals surface area contributed by atoms with Crippen molar-refractivity contribution >= 4 is 11.8 Å². The average Bonchev–Trinajstić information content (AvgIpc) is 2.27. The van der Waals surface area contributed by atoms with Crippen LogP contribution in [-0.2, 0) is 10.3 Å². The van der Waals surface area contributed by atoms with Crippen LogP contribution in [0.4, 0.5) is 23.7 Å². The molecule has 7 heteroatoms. The molecule has 0 saturated carbocycles. The number of halogens is 3. The Morgan fingerprint density at radius 2 is 1.73 bits per heavy atom. The van der Waals surface area contributed by atoms with Crippen molar-refractivity contribution < 1.29 is 27.8 Å². The number of carbonyl (C=O) groups excluding carboxylic acids is 1. The summed E-state index contributed by atoms with van der Waals surface area (Å²) in [7, 11) is 0. The normalized spacial score (nSPS) is 15.1. The number of amides is 1. The Balaban J connectivity index is 2.99. The van der Waals surface area contributed by atoms with Crippen LogP contribution in [0.2, 0.25) is 0 Å². The predicted octanol–water partition coefficient (Wildman–Crippen LogP) is 4.11. The van der Waals surface area contributed by atoms with E-state index in [1.807, 2.05) is 0 Å². The van der Waals surface area contributed by atoms with E-state index < -0.39 is 23.5 Å².